The van der Waals surface area contributed by atoms with Crippen LogP contribution in [0.5, 0.6) is 5.75 Å². The molecular formula is C30H38ClNO2. The first-order chi connectivity index (χ1) is 16.6. The molecule has 0 saturated heterocycles. The van der Waals surface area contributed by atoms with E-state index in [1.807, 2.05) is 42.5 Å². The Hall–Kier alpha value is -2.33. The molecular weight excluding hydrogens is 442 g/mol. The molecule has 0 aromatic heterocycles. The van der Waals surface area contributed by atoms with Gasteiger partial charge in [0, 0.05) is 24.5 Å². The van der Waals surface area contributed by atoms with E-state index >= 15 is 0 Å². The van der Waals surface area contributed by atoms with Crippen LogP contribution in [0.15, 0.2) is 78.9 Å². The smallest absolute Gasteiger partial charge is 0.119 e. The van der Waals surface area contributed by atoms with Crippen LogP contribution in [-0.4, -0.2) is 29.3 Å². The van der Waals surface area contributed by atoms with E-state index in [0.717, 1.165) is 47.8 Å². The fourth-order valence-corrected chi connectivity index (χ4v) is 4.18. The minimum atomic E-state index is -0.505. The minimum absolute atomic E-state index is 0.505. The van der Waals surface area contributed by atoms with Gasteiger partial charge in [-0.15, -0.1) is 0 Å². The first-order valence-electron chi connectivity index (χ1n) is 12.6. The Morgan fingerprint density at radius 3 is 2.15 bits per heavy atom. The predicted octanol–water partition coefficient (Wildman–Crippen LogP) is 7.30. The van der Waals surface area contributed by atoms with Crippen LogP contribution < -0.4 is 4.74 Å². The summed E-state index contributed by atoms with van der Waals surface area (Å²) in [6.45, 7) is 4.53. The Bertz CT molecular complexity index is 928. The van der Waals surface area contributed by atoms with E-state index in [1.165, 1.54) is 31.2 Å². The van der Waals surface area contributed by atoms with E-state index < -0.39 is 6.23 Å². The zero-order valence-corrected chi connectivity index (χ0v) is 21.1. The van der Waals surface area contributed by atoms with E-state index in [0.29, 0.717) is 13.0 Å². The Kier molecular flexibility index (Phi) is 11.5. The normalized spacial score (nSPS) is 12.1. The summed E-state index contributed by atoms with van der Waals surface area (Å²) in [6.07, 6.45) is 7.12. The molecule has 0 aliphatic rings. The summed E-state index contributed by atoms with van der Waals surface area (Å²) >= 11 is 6.03. The lowest BCUT2D eigenvalue weighted by Gasteiger charge is -2.28. The van der Waals surface area contributed by atoms with Crippen LogP contribution in [0.25, 0.3) is 0 Å². The Morgan fingerprint density at radius 2 is 1.44 bits per heavy atom. The van der Waals surface area contributed by atoms with Crippen LogP contribution in [0.4, 0.5) is 0 Å². The van der Waals surface area contributed by atoms with Crippen LogP contribution in [0.2, 0.25) is 5.02 Å². The van der Waals surface area contributed by atoms with Gasteiger partial charge in [-0.1, -0.05) is 98.8 Å². The van der Waals surface area contributed by atoms with Gasteiger partial charge in [0.1, 0.15) is 18.6 Å². The van der Waals surface area contributed by atoms with Gasteiger partial charge in [-0.2, -0.15) is 0 Å². The van der Waals surface area contributed by atoms with Crippen molar-refractivity contribution in [3.63, 3.8) is 0 Å². The molecule has 3 aromatic rings. The monoisotopic (exact) mass is 479 g/mol. The third-order valence-electron chi connectivity index (χ3n) is 6.16. The maximum atomic E-state index is 11.1. The highest BCUT2D eigenvalue weighted by molar-refractivity contribution is 6.30. The summed E-state index contributed by atoms with van der Waals surface area (Å²) in [5.41, 5.74) is 3.51. The van der Waals surface area contributed by atoms with E-state index in [1.54, 1.807) is 0 Å². The molecule has 0 fully saturated rings. The molecule has 0 aliphatic carbocycles. The Balaban J connectivity index is 1.53. The molecule has 3 rings (SSSR count). The summed E-state index contributed by atoms with van der Waals surface area (Å²) < 4.78 is 5.90. The highest BCUT2D eigenvalue weighted by Gasteiger charge is 2.16. The van der Waals surface area contributed by atoms with Crippen molar-refractivity contribution in [1.82, 2.24) is 4.90 Å². The lowest BCUT2D eigenvalue weighted by atomic mass is 10.1. The highest BCUT2D eigenvalue weighted by atomic mass is 35.5. The molecule has 3 nitrogen and oxygen atoms in total. The molecule has 0 saturated carbocycles. The number of rotatable bonds is 15. The molecule has 0 bridgehead atoms. The second-order valence-electron chi connectivity index (χ2n) is 8.93. The predicted molar refractivity (Wildman–Crippen MR) is 142 cm³/mol. The Morgan fingerprint density at radius 1 is 0.765 bits per heavy atom. The summed E-state index contributed by atoms with van der Waals surface area (Å²) in [5, 5.41) is 11.8. The molecule has 34 heavy (non-hydrogen) atoms. The summed E-state index contributed by atoms with van der Waals surface area (Å²) in [5.74, 6) is 0.845. The highest BCUT2D eigenvalue weighted by Crippen LogP contribution is 2.17. The standard InChI is InChI=1S/C30H38ClNO2/c1-2-3-4-5-9-21-32(22-20-25-12-16-28(31)17-13-25)30(33)23-26-14-18-29(19-15-26)34-24-27-10-7-6-8-11-27/h6-8,10-19,30,33H,2-5,9,20-24H2,1H3. The molecule has 0 aliphatic heterocycles. The van der Waals surface area contributed by atoms with Crippen molar-refractivity contribution in [3.05, 3.63) is 101 Å². The van der Waals surface area contributed by atoms with Crippen LogP contribution in [0, 0.1) is 0 Å². The molecule has 1 N–H and O–H groups in total. The Labute approximate surface area is 210 Å². The molecule has 3 aromatic carbocycles. The average Bonchev–Trinajstić information content (AvgIpc) is 2.87. The molecule has 0 heterocycles. The third kappa shape index (κ3) is 9.50. The van der Waals surface area contributed by atoms with E-state index in [-0.39, 0.29) is 0 Å². The lowest BCUT2D eigenvalue weighted by molar-refractivity contribution is 0.00383. The van der Waals surface area contributed by atoms with Gasteiger partial charge >= 0.3 is 0 Å². The van der Waals surface area contributed by atoms with Crippen molar-refractivity contribution in [2.45, 2.75) is 64.7 Å². The summed E-state index contributed by atoms with van der Waals surface area (Å²) in [6, 6.07) is 26.3. The SMILES string of the molecule is CCCCCCCN(CCc1ccc(Cl)cc1)C(O)Cc1ccc(OCc2ccccc2)cc1. The largest absolute Gasteiger partial charge is 0.489 e. The van der Waals surface area contributed by atoms with Gasteiger partial charge in [-0.3, -0.25) is 4.90 Å². The van der Waals surface area contributed by atoms with Crippen molar-refractivity contribution in [2.75, 3.05) is 13.1 Å². The average molecular weight is 480 g/mol. The molecule has 0 amide bonds. The third-order valence-corrected chi connectivity index (χ3v) is 6.41. The number of ether oxygens (including phenoxy) is 1. The van der Waals surface area contributed by atoms with Crippen LogP contribution in [0.1, 0.15) is 55.7 Å². The van der Waals surface area contributed by atoms with Crippen molar-refractivity contribution < 1.29 is 9.84 Å². The number of aliphatic hydroxyl groups excluding tert-OH is 1. The van der Waals surface area contributed by atoms with Gasteiger partial charge in [-0.25, -0.2) is 0 Å². The molecule has 1 atom stereocenters. The quantitative estimate of drug-likeness (QED) is 0.183. The number of hydrogen-bond acceptors (Lipinski definition) is 3. The van der Waals surface area contributed by atoms with Gasteiger partial charge in [-0.05, 0) is 53.8 Å². The molecule has 0 radical (unpaired) electrons. The van der Waals surface area contributed by atoms with Gasteiger partial charge < -0.3 is 9.84 Å². The van der Waals surface area contributed by atoms with Crippen LogP contribution in [-0.2, 0) is 19.4 Å². The van der Waals surface area contributed by atoms with Gasteiger partial charge in [0.05, 0.1) is 0 Å². The maximum absolute atomic E-state index is 11.1. The number of nitrogens with zero attached hydrogens (tertiary/aromatic N) is 1. The second-order valence-corrected chi connectivity index (χ2v) is 9.37. The first-order valence-corrected chi connectivity index (χ1v) is 12.9. The first kappa shape index (κ1) is 26.3. The summed E-state index contributed by atoms with van der Waals surface area (Å²) in [4.78, 5) is 2.22. The fraction of sp³-hybridized carbons (Fsp3) is 0.400. The topological polar surface area (TPSA) is 32.7 Å². The molecule has 4 heteroatoms. The number of halogens is 1. The molecule has 1 unspecified atom stereocenters. The van der Waals surface area contributed by atoms with Gasteiger partial charge in [0.15, 0.2) is 0 Å². The zero-order valence-electron chi connectivity index (χ0n) is 20.3. The fourth-order valence-electron chi connectivity index (χ4n) is 4.05. The zero-order chi connectivity index (χ0) is 24.0. The van der Waals surface area contributed by atoms with Crippen molar-refractivity contribution >= 4 is 11.6 Å². The minimum Gasteiger partial charge on any atom is -0.489 e. The lowest BCUT2D eigenvalue weighted by Crippen LogP contribution is -2.39. The van der Waals surface area contributed by atoms with E-state index in [9.17, 15) is 5.11 Å². The summed E-state index contributed by atoms with van der Waals surface area (Å²) in [7, 11) is 0. The van der Waals surface area contributed by atoms with Crippen LogP contribution in [0.3, 0.4) is 0 Å². The van der Waals surface area contributed by atoms with Gasteiger partial charge in [0.25, 0.3) is 0 Å². The van der Waals surface area contributed by atoms with E-state index in [2.05, 4.69) is 48.2 Å². The van der Waals surface area contributed by atoms with Crippen molar-refractivity contribution in [3.8, 4) is 5.75 Å². The number of unbranched alkanes of at least 4 members (excludes halogenated alkanes) is 4. The number of aliphatic hydroxyl groups is 1. The number of hydrogen-bond donors (Lipinski definition) is 1. The molecule has 182 valence electrons. The van der Waals surface area contributed by atoms with Crippen molar-refractivity contribution in [1.29, 1.82) is 0 Å². The second kappa shape index (κ2) is 14.8. The maximum Gasteiger partial charge on any atom is 0.119 e. The van der Waals surface area contributed by atoms with Gasteiger partial charge in [0.2, 0.25) is 0 Å². The van der Waals surface area contributed by atoms with Crippen molar-refractivity contribution in [2.24, 2.45) is 0 Å². The molecule has 0 spiro atoms. The van der Waals surface area contributed by atoms with E-state index in [4.69, 9.17) is 16.3 Å². The number of benzene rings is 3. The van der Waals surface area contributed by atoms with Crippen LogP contribution >= 0.6 is 11.6 Å².